The van der Waals surface area contributed by atoms with Crippen LogP contribution in [0.25, 0.3) is 0 Å². The third-order valence-corrected chi connectivity index (χ3v) is 4.35. The summed E-state index contributed by atoms with van der Waals surface area (Å²) in [6.07, 6.45) is 2.31. The van der Waals surface area contributed by atoms with Gasteiger partial charge < -0.3 is 15.2 Å². The first kappa shape index (κ1) is 15.7. The number of esters is 1. The Morgan fingerprint density at radius 2 is 1.80 bits per heavy atom. The zero-order valence-electron chi connectivity index (χ0n) is 13.4. The first-order valence-corrected chi connectivity index (χ1v) is 7.38. The van der Waals surface area contributed by atoms with E-state index in [1.165, 1.54) is 7.11 Å². The van der Waals surface area contributed by atoms with E-state index in [1.807, 2.05) is 0 Å². The molecule has 116 valence electrons. The lowest BCUT2D eigenvalue weighted by atomic mass is 9.95. The molecule has 0 aromatic carbocycles. The van der Waals surface area contributed by atoms with Crippen molar-refractivity contribution in [2.45, 2.75) is 69.7 Å². The van der Waals surface area contributed by atoms with Gasteiger partial charge in [-0.05, 0) is 47.0 Å². The molecule has 1 saturated heterocycles. The summed E-state index contributed by atoms with van der Waals surface area (Å²) in [5.74, 6) is -0.285. The van der Waals surface area contributed by atoms with E-state index in [1.54, 1.807) is 0 Å². The van der Waals surface area contributed by atoms with Gasteiger partial charge in [0, 0.05) is 19.1 Å². The topological polar surface area (TPSA) is 64.8 Å². The average Bonchev–Trinajstić information content (AvgIpc) is 2.68. The highest BCUT2D eigenvalue weighted by atomic mass is 16.5. The number of hydrogen-bond donors (Lipinski definition) is 1. The highest BCUT2D eigenvalue weighted by Gasteiger charge is 2.48. The summed E-state index contributed by atoms with van der Waals surface area (Å²) in [7, 11) is 1.41. The highest BCUT2D eigenvalue weighted by Crippen LogP contribution is 2.37. The number of hydrogen-bond acceptors (Lipinski definition) is 5. The van der Waals surface area contributed by atoms with Crippen LogP contribution in [0, 0.1) is 0 Å². The molecule has 1 saturated carbocycles. The second-order valence-electron chi connectivity index (χ2n) is 7.57. The average molecular weight is 284 g/mol. The summed E-state index contributed by atoms with van der Waals surface area (Å²) in [5.41, 5.74) is 5.05. The Hall–Kier alpha value is -0.650. The first-order valence-electron chi connectivity index (χ1n) is 7.38. The van der Waals surface area contributed by atoms with Crippen LogP contribution in [0.1, 0.15) is 47.0 Å². The predicted molar refractivity (Wildman–Crippen MR) is 77.4 cm³/mol. The summed E-state index contributed by atoms with van der Waals surface area (Å²) in [5, 5.41) is 0. The minimum absolute atomic E-state index is 0.174. The van der Waals surface area contributed by atoms with Gasteiger partial charge in [0.2, 0.25) is 0 Å². The van der Waals surface area contributed by atoms with Gasteiger partial charge in [-0.15, -0.1) is 0 Å². The molecule has 2 atom stereocenters. The molecule has 2 N–H and O–H groups in total. The monoisotopic (exact) mass is 284 g/mol. The molecule has 0 bridgehead atoms. The van der Waals surface area contributed by atoms with Crippen LogP contribution in [0.4, 0.5) is 0 Å². The molecule has 2 fully saturated rings. The number of methoxy groups -OCH3 is 1. The fourth-order valence-electron chi connectivity index (χ4n) is 3.85. The Morgan fingerprint density at radius 1 is 1.25 bits per heavy atom. The van der Waals surface area contributed by atoms with Crippen molar-refractivity contribution in [1.82, 2.24) is 4.90 Å². The molecule has 1 aliphatic carbocycles. The highest BCUT2D eigenvalue weighted by molar-refractivity contribution is 5.81. The Labute approximate surface area is 121 Å². The van der Waals surface area contributed by atoms with Crippen molar-refractivity contribution >= 4 is 5.97 Å². The van der Waals surface area contributed by atoms with E-state index in [4.69, 9.17) is 15.2 Å². The molecule has 0 spiro atoms. The molecule has 0 aromatic heterocycles. The van der Waals surface area contributed by atoms with Crippen LogP contribution in [-0.2, 0) is 14.3 Å². The van der Waals surface area contributed by atoms with E-state index in [2.05, 4.69) is 32.6 Å². The van der Waals surface area contributed by atoms with Gasteiger partial charge in [-0.3, -0.25) is 9.69 Å². The molecule has 2 aliphatic rings. The second-order valence-corrected chi connectivity index (χ2v) is 7.57. The molecule has 0 aromatic rings. The Morgan fingerprint density at radius 3 is 2.30 bits per heavy atom. The van der Waals surface area contributed by atoms with Crippen molar-refractivity contribution in [3.8, 4) is 0 Å². The van der Waals surface area contributed by atoms with Gasteiger partial charge in [-0.25, -0.2) is 0 Å². The Kier molecular flexibility index (Phi) is 3.91. The molecule has 1 aliphatic heterocycles. The molecule has 5 heteroatoms. The molecular formula is C15H28N2O3. The van der Waals surface area contributed by atoms with Crippen molar-refractivity contribution in [1.29, 1.82) is 0 Å². The normalized spacial score (nSPS) is 36.8. The molecule has 0 radical (unpaired) electrons. The maximum Gasteiger partial charge on any atom is 0.325 e. The van der Waals surface area contributed by atoms with Crippen LogP contribution in [0.3, 0.4) is 0 Å². The second kappa shape index (κ2) is 4.97. The maximum absolute atomic E-state index is 11.8. The van der Waals surface area contributed by atoms with Crippen LogP contribution < -0.4 is 5.73 Å². The molecule has 2 unspecified atom stereocenters. The van der Waals surface area contributed by atoms with Crippen LogP contribution >= 0.6 is 0 Å². The Balaban J connectivity index is 2.08. The summed E-state index contributed by atoms with van der Waals surface area (Å²) >= 11 is 0. The first-order chi connectivity index (χ1) is 9.07. The van der Waals surface area contributed by atoms with Crippen molar-refractivity contribution in [2.24, 2.45) is 5.73 Å². The largest absolute Gasteiger partial charge is 0.468 e. The van der Waals surface area contributed by atoms with Gasteiger partial charge in [0.05, 0.1) is 18.3 Å². The quantitative estimate of drug-likeness (QED) is 0.774. The molecule has 0 amide bonds. The lowest BCUT2D eigenvalue weighted by molar-refractivity contribution is -0.187. The number of nitrogens with two attached hydrogens (primary N) is 1. The van der Waals surface area contributed by atoms with Gasteiger partial charge in [-0.2, -0.15) is 0 Å². The van der Waals surface area contributed by atoms with Crippen molar-refractivity contribution < 1.29 is 14.3 Å². The fourth-order valence-corrected chi connectivity index (χ4v) is 3.85. The number of morpholine rings is 1. The number of carbonyl (C=O) groups is 1. The minimum Gasteiger partial charge on any atom is -0.468 e. The Bertz CT molecular complexity index is 379. The summed E-state index contributed by atoms with van der Waals surface area (Å²) in [4.78, 5) is 14.3. The fraction of sp³-hybridized carbons (Fsp3) is 0.933. The lowest BCUT2D eigenvalue weighted by Gasteiger charge is -2.49. The smallest absolute Gasteiger partial charge is 0.325 e. The third-order valence-electron chi connectivity index (χ3n) is 4.35. The summed E-state index contributed by atoms with van der Waals surface area (Å²) in [6, 6.07) is 0.335. The molecular weight excluding hydrogens is 256 g/mol. The standard InChI is InChI=1S/C15H28N2O3/c1-13(2)9-17(10-14(3,4)20-13)11-6-7-15(16,8-11)12(18)19-5/h11H,6-10,16H2,1-5H3. The van der Waals surface area contributed by atoms with Crippen LogP contribution in [-0.4, -0.2) is 53.9 Å². The summed E-state index contributed by atoms with van der Waals surface area (Å²) in [6.45, 7) is 10.2. The SMILES string of the molecule is COC(=O)C1(N)CCC(N2CC(C)(C)OC(C)(C)C2)C1. The lowest BCUT2D eigenvalue weighted by Crippen LogP contribution is -2.60. The predicted octanol–water partition coefficient (Wildman–Crippen LogP) is 1.30. The van der Waals surface area contributed by atoms with Crippen LogP contribution in [0.5, 0.6) is 0 Å². The number of rotatable bonds is 2. The van der Waals surface area contributed by atoms with E-state index in [9.17, 15) is 4.79 Å². The molecule has 1 heterocycles. The van der Waals surface area contributed by atoms with E-state index in [0.29, 0.717) is 18.9 Å². The number of nitrogens with zero attached hydrogens (tertiary/aromatic N) is 1. The number of carbonyl (C=O) groups excluding carboxylic acids is 1. The zero-order valence-corrected chi connectivity index (χ0v) is 13.4. The van der Waals surface area contributed by atoms with Crippen LogP contribution in [0.2, 0.25) is 0 Å². The van der Waals surface area contributed by atoms with Gasteiger partial charge in [-0.1, -0.05) is 0 Å². The third kappa shape index (κ3) is 3.15. The van der Waals surface area contributed by atoms with Gasteiger partial charge in [0.1, 0.15) is 5.54 Å². The van der Waals surface area contributed by atoms with Crippen molar-refractivity contribution in [3.05, 3.63) is 0 Å². The summed E-state index contributed by atoms with van der Waals surface area (Å²) < 4.78 is 11.0. The van der Waals surface area contributed by atoms with Gasteiger partial charge in [0.15, 0.2) is 0 Å². The van der Waals surface area contributed by atoms with E-state index in [0.717, 1.165) is 19.5 Å². The van der Waals surface area contributed by atoms with E-state index in [-0.39, 0.29) is 17.2 Å². The molecule has 5 nitrogen and oxygen atoms in total. The van der Waals surface area contributed by atoms with Crippen molar-refractivity contribution in [2.75, 3.05) is 20.2 Å². The maximum atomic E-state index is 11.8. The molecule has 20 heavy (non-hydrogen) atoms. The van der Waals surface area contributed by atoms with Crippen molar-refractivity contribution in [3.63, 3.8) is 0 Å². The minimum atomic E-state index is -0.813. The van der Waals surface area contributed by atoms with Gasteiger partial charge in [0.25, 0.3) is 0 Å². The van der Waals surface area contributed by atoms with Gasteiger partial charge >= 0.3 is 5.97 Å². The number of ether oxygens (including phenoxy) is 2. The van der Waals surface area contributed by atoms with Crippen LogP contribution in [0.15, 0.2) is 0 Å². The molecule has 2 rings (SSSR count). The van der Waals surface area contributed by atoms with E-state index >= 15 is 0 Å². The zero-order chi connectivity index (χ0) is 15.2. The van der Waals surface area contributed by atoms with E-state index < -0.39 is 5.54 Å².